The number of thioether (sulfide) groups is 1. The molecule has 1 aliphatic rings. The van der Waals surface area contributed by atoms with E-state index in [4.69, 9.17) is 0 Å². The molecule has 1 aromatic carbocycles. The van der Waals surface area contributed by atoms with Gasteiger partial charge in [0, 0.05) is 24.2 Å². The van der Waals surface area contributed by atoms with Crippen LogP contribution in [0, 0.1) is 10.1 Å². The van der Waals surface area contributed by atoms with Crippen molar-refractivity contribution >= 4 is 28.5 Å². The van der Waals surface area contributed by atoms with Crippen molar-refractivity contribution in [2.24, 2.45) is 4.99 Å². The zero-order chi connectivity index (χ0) is 13.1. The van der Waals surface area contributed by atoms with Crippen LogP contribution in [0.4, 0.5) is 5.69 Å². The molecule has 0 saturated heterocycles. The fourth-order valence-electron chi connectivity index (χ4n) is 1.70. The molecule has 0 radical (unpaired) electrons. The van der Waals surface area contributed by atoms with Gasteiger partial charge in [0.05, 0.1) is 11.5 Å². The summed E-state index contributed by atoms with van der Waals surface area (Å²) in [6.07, 6.45) is 1.85. The standard InChI is InChI=1S/C11H11N3O3S/c1-18-11-12-5-6-13(11)10(15)8-3-2-4-9(7-8)14(16)17/h2-4,7H,5-6H2,1H3. The number of amidine groups is 1. The van der Waals surface area contributed by atoms with Gasteiger partial charge < -0.3 is 0 Å². The van der Waals surface area contributed by atoms with Crippen molar-refractivity contribution in [1.29, 1.82) is 0 Å². The highest BCUT2D eigenvalue weighted by atomic mass is 32.2. The zero-order valence-corrected chi connectivity index (χ0v) is 10.5. The quantitative estimate of drug-likeness (QED) is 0.603. The first-order valence-electron chi connectivity index (χ1n) is 5.28. The molecular formula is C11H11N3O3S. The Morgan fingerprint density at radius 3 is 3.00 bits per heavy atom. The number of nitro benzene ring substituents is 1. The van der Waals surface area contributed by atoms with Gasteiger partial charge in [-0.3, -0.25) is 24.8 Å². The van der Waals surface area contributed by atoms with Crippen molar-refractivity contribution in [3.8, 4) is 0 Å². The number of aliphatic imine (C=N–C) groups is 1. The maximum Gasteiger partial charge on any atom is 0.270 e. The molecule has 94 valence electrons. The molecule has 6 nitrogen and oxygen atoms in total. The molecule has 7 heteroatoms. The van der Waals surface area contributed by atoms with Crippen molar-refractivity contribution in [3.63, 3.8) is 0 Å². The van der Waals surface area contributed by atoms with Crippen molar-refractivity contribution < 1.29 is 9.72 Å². The molecule has 0 N–H and O–H groups in total. The lowest BCUT2D eigenvalue weighted by molar-refractivity contribution is -0.384. The third-order valence-corrected chi connectivity index (χ3v) is 3.25. The van der Waals surface area contributed by atoms with Crippen LogP contribution in [0.25, 0.3) is 0 Å². The maximum absolute atomic E-state index is 12.2. The number of carbonyl (C=O) groups is 1. The van der Waals surface area contributed by atoms with Crippen molar-refractivity contribution in [3.05, 3.63) is 39.9 Å². The van der Waals surface area contributed by atoms with Gasteiger partial charge in [-0.25, -0.2) is 0 Å². The van der Waals surface area contributed by atoms with Crippen LogP contribution in [-0.2, 0) is 0 Å². The monoisotopic (exact) mass is 265 g/mol. The van der Waals surface area contributed by atoms with Gasteiger partial charge in [-0.1, -0.05) is 17.8 Å². The van der Waals surface area contributed by atoms with Crippen molar-refractivity contribution in [1.82, 2.24) is 4.90 Å². The molecule has 0 unspecified atom stereocenters. The van der Waals surface area contributed by atoms with E-state index in [-0.39, 0.29) is 11.6 Å². The fourth-order valence-corrected chi connectivity index (χ4v) is 2.31. The van der Waals surface area contributed by atoms with E-state index in [0.29, 0.717) is 23.8 Å². The summed E-state index contributed by atoms with van der Waals surface area (Å²) in [5, 5.41) is 11.3. The zero-order valence-electron chi connectivity index (χ0n) is 9.70. The van der Waals surface area contributed by atoms with E-state index in [2.05, 4.69) is 4.99 Å². The van der Waals surface area contributed by atoms with Crippen LogP contribution in [-0.4, -0.2) is 40.2 Å². The molecular weight excluding hydrogens is 254 g/mol. The molecule has 0 atom stereocenters. The van der Waals surface area contributed by atoms with Gasteiger partial charge in [0.2, 0.25) is 0 Å². The predicted molar refractivity (Wildman–Crippen MR) is 69.9 cm³/mol. The lowest BCUT2D eigenvalue weighted by atomic mass is 10.2. The Bertz CT molecular complexity index is 530. The summed E-state index contributed by atoms with van der Waals surface area (Å²) in [5.74, 6) is -0.246. The number of non-ortho nitro benzene ring substituents is 1. The molecule has 0 bridgehead atoms. The van der Waals surface area contributed by atoms with E-state index < -0.39 is 4.92 Å². The molecule has 0 saturated carbocycles. The molecule has 1 heterocycles. The van der Waals surface area contributed by atoms with E-state index >= 15 is 0 Å². The van der Waals surface area contributed by atoms with Gasteiger partial charge in [0.25, 0.3) is 11.6 Å². The van der Waals surface area contributed by atoms with Gasteiger partial charge in [0.15, 0.2) is 5.17 Å². The van der Waals surface area contributed by atoms with Crippen LogP contribution in [0.2, 0.25) is 0 Å². The maximum atomic E-state index is 12.2. The molecule has 0 spiro atoms. The summed E-state index contributed by atoms with van der Waals surface area (Å²) in [5.41, 5.74) is 0.232. The number of benzene rings is 1. The van der Waals surface area contributed by atoms with E-state index in [0.717, 1.165) is 0 Å². The van der Waals surface area contributed by atoms with Crippen LogP contribution in [0.3, 0.4) is 0 Å². The number of nitro groups is 1. The second-order valence-corrected chi connectivity index (χ2v) is 4.41. The van der Waals surface area contributed by atoms with Crippen molar-refractivity contribution in [2.45, 2.75) is 0 Å². The fraction of sp³-hybridized carbons (Fsp3) is 0.273. The normalized spacial score (nSPS) is 14.5. The number of hydrogen-bond acceptors (Lipinski definition) is 5. The van der Waals surface area contributed by atoms with Crippen LogP contribution >= 0.6 is 11.8 Å². The number of nitrogens with zero attached hydrogens (tertiary/aromatic N) is 3. The Hall–Kier alpha value is -1.89. The van der Waals surface area contributed by atoms with Gasteiger partial charge in [-0.05, 0) is 12.3 Å². The van der Waals surface area contributed by atoms with Gasteiger partial charge in [-0.15, -0.1) is 0 Å². The minimum atomic E-state index is -0.510. The van der Waals surface area contributed by atoms with Gasteiger partial charge >= 0.3 is 0 Å². The molecule has 1 aliphatic heterocycles. The van der Waals surface area contributed by atoms with E-state index in [9.17, 15) is 14.9 Å². The van der Waals surface area contributed by atoms with Crippen LogP contribution in [0.15, 0.2) is 29.3 Å². The van der Waals surface area contributed by atoms with Gasteiger partial charge in [0.1, 0.15) is 0 Å². The molecule has 1 aromatic rings. The second-order valence-electron chi connectivity index (χ2n) is 3.63. The van der Waals surface area contributed by atoms with E-state index in [1.54, 1.807) is 11.0 Å². The van der Waals surface area contributed by atoms with Crippen LogP contribution in [0.5, 0.6) is 0 Å². The molecule has 18 heavy (non-hydrogen) atoms. The lowest BCUT2D eigenvalue weighted by Gasteiger charge is -2.16. The highest BCUT2D eigenvalue weighted by Gasteiger charge is 2.25. The topological polar surface area (TPSA) is 75.8 Å². The van der Waals surface area contributed by atoms with Crippen molar-refractivity contribution in [2.75, 3.05) is 19.3 Å². The smallest absolute Gasteiger partial charge is 0.270 e. The van der Waals surface area contributed by atoms with Crippen LogP contribution < -0.4 is 0 Å². The lowest BCUT2D eigenvalue weighted by Crippen LogP contribution is -2.32. The largest absolute Gasteiger partial charge is 0.286 e. The number of hydrogen-bond donors (Lipinski definition) is 0. The number of carbonyl (C=O) groups excluding carboxylic acids is 1. The Balaban J connectivity index is 2.26. The number of rotatable bonds is 2. The van der Waals surface area contributed by atoms with E-state index in [1.807, 2.05) is 6.26 Å². The Kier molecular flexibility index (Phi) is 3.61. The molecule has 1 amide bonds. The first-order valence-corrected chi connectivity index (χ1v) is 6.50. The van der Waals surface area contributed by atoms with E-state index in [1.165, 1.54) is 30.0 Å². The number of amides is 1. The Morgan fingerprint density at radius 2 is 2.33 bits per heavy atom. The first kappa shape index (κ1) is 12.6. The highest BCUT2D eigenvalue weighted by Crippen LogP contribution is 2.18. The summed E-state index contributed by atoms with van der Waals surface area (Å²) in [7, 11) is 0. The molecule has 0 fully saturated rings. The molecule has 0 aliphatic carbocycles. The Labute approximate surface area is 108 Å². The third-order valence-electron chi connectivity index (χ3n) is 2.53. The summed E-state index contributed by atoms with van der Waals surface area (Å²) in [4.78, 5) is 28.1. The third kappa shape index (κ3) is 2.35. The molecule has 2 rings (SSSR count). The Morgan fingerprint density at radius 1 is 1.56 bits per heavy atom. The predicted octanol–water partition coefficient (Wildman–Crippen LogP) is 1.77. The summed E-state index contributed by atoms with van der Waals surface area (Å²) in [6.45, 7) is 1.11. The van der Waals surface area contributed by atoms with Crippen LogP contribution in [0.1, 0.15) is 10.4 Å². The minimum Gasteiger partial charge on any atom is -0.286 e. The van der Waals surface area contributed by atoms with Gasteiger partial charge in [-0.2, -0.15) is 0 Å². The summed E-state index contributed by atoms with van der Waals surface area (Å²) in [6, 6.07) is 5.74. The average molecular weight is 265 g/mol. The summed E-state index contributed by atoms with van der Waals surface area (Å²) < 4.78 is 0. The SMILES string of the molecule is CSC1=NCCN1C(=O)c1cccc([N+](=O)[O-])c1. The average Bonchev–Trinajstić information content (AvgIpc) is 2.86. The minimum absolute atomic E-state index is 0.0808. The molecule has 0 aromatic heterocycles. The highest BCUT2D eigenvalue weighted by molar-refractivity contribution is 8.13. The second kappa shape index (κ2) is 5.18. The summed E-state index contributed by atoms with van der Waals surface area (Å²) >= 11 is 1.40. The first-order chi connectivity index (χ1) is 8.63.